The first-order valence-corrected chi connectivity index (χ1v) is 10.8. The molecule has 156 valence electrons. The van der Waals surface area contributed by atoms with Crippen molar-refractivity contribution in [3.8, 4) is 0 Å². The van der Waals surface area contributed by atoms with Gasteiger partial charge in [-0.3, -0.25) is 10.1 Å². The zero-order chi connectivity index (χ0) is 21.3. The maximum Gasteiger partial charge on any atom is 0.323 e. The lowest BCUT2D eigenvalue weighted by atomic mass is 10.1. The molecule has 0 atom stereocenters. The van der Waals surface area contributed by atoms with Gasteiger partial charge in [-0.05, 0) is 48.7 Å². The number of thiazole rings is 1. The lowest BCUT2D eigenvalue weighted by Crippen LogP contribution is -2.51. The Morgan fingerprint density at radius 1 is 1.10 bits per heavy atom. The number of rotatable bonds is 3. The molecule has 1 fully saturated rings. The Morgan fingerprint density at radius 2 is 1.83 bits per heavy atom. The number of fused-ring (bicyclic) bond motifs is 1. The Morgan fingerprint density at radius 3 is 2.53 bits per heavy atom. The molecule has 0 unspecified atom stereocenters. The van der Waals surface area contributed by atoms with Crippen LogP contribution in [0.1, 0.15) is 28.4 Å². The quantitative estimate of drug-likeness (QED) is 0.679. The molecular formula is C22H23FN4O2S. The van der Waals surface area contributed by atoms with E-state index in [1.807, 2.05) is 12.1 Å². The van der Waals surface area contributed by atoms with Crippen molar-refractivity contribution in [2.75, 3.05) is 31.5 Å². The summed E-state index contributed by atoms with van der Waals surface area (Å²) in [7, 11) is 0. The largest absolute Gasteiger partial charge is 0.335 e. The van der Waals surface area contributed by atoms with Crippen molar-refractivity contribution in [1.29, 1.82) is 0 Å². The van der Waals surface area contributed by atoms with E-state index in [-0.39, 0.29) is 17.8 Å². The van der Waals surface area contributed by atoms with Gasteiger partial charge in [-0.25, -0.2) is 14.2 Å². The second kappa shape index (κ2) is 8.39. The van der Waals surface area contributed by atoms with Crippen molar-refractivity contribution in [3.63, 3.8) is 0 Å². The van der Waals surface area contributed by atoms with Gasteiger partial charge in [0, 0.05) is 31.7 Å². The van der Waals surface area contributed by atoms with E-state index >= 15 is 0 Å². The minimum atomic E-state index is -0.388. The van der Waals surface area contributed by atoms with Crippen LogP contribution in [0.5, 0.6) is 0 Å². The van der Waals surface area contributed by atoms with Crippen LogP contribution in [0.3, 0.4) is 0 Å². The molecule has 3 amide bonds. The number of piperazine rings is 1. The van der Waals surface area contributed by atoms with E-state index < -0.39 is 0 Å². The first-order valence-electron chi connectivity index (χ1n) is 9.95. The zero-order valence-electron chi connectivity index (χ0n) is 16.9. The smallest absolute Gasteiger partial charge is 0.323 e. The van der Waals surface area contributed by atoms with Crippen molar-refractivity contribution in [1.82, 2.24) is 14.8 Å². The fourth-order valence-corrected chi connectivity index (χ4v) is 4.35. The predicted molar refractivity (Wildman–Crippen MR) is 117 cm³/mol. The number of benzene rings is 2. The van der Waals surface area contributed by atoms with E-state index in [4.69, 9.17) is 0 Å². The van der Waals surface area contributed by atoms with Gasteiger partial charge >= 0.3 is 6.03 Å². The number of carbonyl (C=O) groups is 2. The summed E-state index contributed by atoms with van der Waals surface area (Å²) < 4.78 is 14.8. The maximum absolute atomic E-state index is 13.8. The lowest BCUT2D eigenvalue weighted by Gasteiger charge is -2.34. The number of hydrogen-bond acceptors (Lipinski definition) is 4. The normalized spacial score (nSPS) is 14.2. The summed E-state index contributed by atoms with van der Waals surface area (Å²) in [5.74, 6) is -0.604. The second-order valence-electron chi connectivity index (χ2n) is 7.35. The van der Waals surface area contributed by atoms with E-state index in [2.05, 4.69) is 23.3 Å². The highest BCUT2D eigenvalue weighted by atomic mass is 32.1. The standard InChI is InChI=1S/C22H23FN4O2S/c1-3-15-5-7-18-19(12-15)30-21(24-18)25-22(29)27-10-8-26(9-11-27)20(28)16-6-4-14(2)17(23)13-16/h4-7,12-13H,3,8-11H2,1-2H3,(H,24,25,29). The number of nitrogens with zero attached hydrogens (tertiary/aromatic N) is 3. The van der Waals surface area contributed by atoms with E-state index in [0.717, 1.165) is 16.6 Å². The Balaban J connectivity index is 1.36. The fourth-order valence-electron chi connectivity index (χ4n) is 3.43. The number of anilines is 1. The van der Waals surface area contributed by atoms with Crippen LogP contribution in [-0.4, -0.2) is 52.9 Å². The molecule has 1 aromatic heterocycles. The molecule has 1 N–H and O–H groups in total. The van der Waals surface area contributed by atoms with Gasteiger partial charge in [0.15, 0.2) is 5.13 Å². The summed E-state index contributed by atoms with van der Waals surface area (Å²) in [5, 5.41) is 3.44. The first kappa shape index (κ1) is 20.3. The number of urea groups is 1. The van der Waals surface area contributed by atoms with Crippen molar-refractivity contribution in [3.05, 3.63) is 58.9 Å². The number of amides is 3. The Hall–Kier alpha value is -3.00. The fraction of sp³-hybridized carbons (Fsp3) is 0.318. The van der Waals surface area contributed by atoms with E-state index in [1.54, 1.807) is 28.9 Å². The highest BCUT2D eigenvalue weighted by molar-refractivity contribution is 7.22. The summed E-state index contributed by atoms with van der Waals surface area (Å²) in [6.45, 7) is 5.40. The van der Waals surface area contributed by atoms with E-state index in [9.17, 15) is 14.0 Å². The Bertz CT molecular complexity index is 1110. The number of aromatic nitrogens is 1. The van der Waals surface area contributed by atoms with Gasteiger partial charge in [0.05, 0.1) is 10.2 Å². The molecule has 3 aromatic rings. The predicted octanol–water partition coefficient (Wildman–Crippen LogP) is 4.30. The summed E-state index contributed by atoms with van der Waals surface area (Å²) in [5.41, 5.74) is 2.94. The van der Waals surface area contributed by atoms with E-state index in [0.29, 0.717) is 42.4 Å². The van der Waals surface area contributed by atoms with Gasteiger partial charge in [0.25, 0.3) is 5.91 Å². The van der Waals surface area contributed by atoms with Crippen LogP contribution in [0.25, 0.3) is 10.2 Å². The molecule has 1 aliphatic rings. The third kappa shape index (κ3) is 4.14. The molecule has 1 aliphatic heterocycles. The zero-order valence-corrected chi connectivity index (χ0v) is 17.8. The highest BCUT2D eigenvalue weighted by Crippen LogP contribution is 2.27. The van der Waals surface area contributed by atoms with Crippen molar-refractivity contribution in [2.24, 2.45) is 0 Å². The minimum Gasteiger partial charge on any atom is -0.335 e. The molecule has 6 nitrogen and oxygen atoms in total. The molecule has 0 bridgehead atoms. The third-order valence-corrected chi connectivity index (χ3v) is 6.28. The topological polar surface area (TPSA) is 65.5 Å². The van der Waals surface area contributed by atoms with Crippen LogP contribution >= 0.6 is 11.3 Å². The molecule has 0 radical (unpaired) electrons. The minimum absolute atomic E-state index is 0.216. The lowest BCUT2D eigenvalue weighted by molar-refractivity contribution is 0.0671. The van der Waals surface area contributed by atoms with Crippen LogP contribution in [-0.2, 0) is 6.42 Å². The van der Waals surface area contributed by atoms with Gasteiger partial charge in [-0.2, -0.15) is 0 Å². The van der Waals surface area contributed by atoms with Gasteiger partial charge in [0.1, 0.15) is 5.82 Å². The van der Waals surface area contributed by atoms with Crippen LogP contribution in [0.4, 0.5) is 14.3 Å². The average molecular weight is 427 g/mol. The van der Waals surface area contributed by atoms with Crippen LogP contribution in [0, 0.1) is 12.7 Å². The summed E-state index contributed by atoms with van der Waals surface area (Å²) in [4.78, 5) is 33.0. The second-order valence-corrected chi connectivity index (χ2v) is 8.38. The van der Waals surface area contributed by atoms with Crippen molar-refractivity contribution in [2.45, 2.75) is 20.3 Å². The summed E-state index contributed by atoms with van der Waals surface area (Å²) in [6, 6.07) is 10.4. The molecule has 2 aromatic carbocycles. The molecule has 0 spiro atoms. The van der Waals surface area contributed by atoms with Gasteiger partial charge in [-0.15, -0.1) is 0 Å². The molecule has 0 aliphatic carbocycles. The Kier molecular flexibility index (Phi) is 5.67. The van der Waals surface area contributed by atoms with E-state index in [1.165, 1.54) is 23.0 Å². The molecule has 0 saturated carbocycles. The highest BCUT2D eigenvalue weighted by Gasteiger charge is 2.25. The number of aryl methyl sites for hydroxylation is 2. The number of hydrogen-bond donors (Lipinski definition) is 1. The molecular weight excluding hydrogens is 403 g/mol. The maximum atomic E-state index is 13.8. The van der Waals surface area contributed by atoms with Crippen molar-refractivity contribution < 1.29 is 14.0 Å². The number of halogens is 1. The van der Waals surface area contributed by atoms with Gasteiger partial charge in [0.2, 0.25) is 0 Å². The SMILES string of the molecule is CCc1ccc2nc(NC(=O)N3CCN(C(=O)c4ccc(C)c(F)c4)CC3)sc2c1. The third-order valence-electron chi connectivity index (χ3n) is 5.35. The molecule has 1 saturated heterocycles. The molecule has 30 heavy (non-hydrogen) atoms. The van der Waals surface area contributed by atoms with Gasteiger partial charge in [-0.1, -0.05) is 30.4 Å². The van der Waals surface area contributed by atoms with Crippen LogP contribution < -0.4 is 5.32 Å². The van der Waals surface area contributed by atoms with Crippen molar-refractivity contribution >= 4 is 38.6 Å². The summed E-state index contributed by atoms with van der Waals surface area (Å²) >= 11 is 1.45. The first-order chi connectivity index (χ1) is 14.4. The number of carbonyl (C=O) groups excluding carboxylic acids is 2. The molecule has 8 heteroatoms. The monoisotopic (exact) mass is 426 g/mol. The summed E-state index contributed by atoms with van der Waals surface area (Å²) in [6.07, 6.45) is 0.952. The van der Waals surface area contributed by atoms with Gasteiger partial charge < -0.3 is 9.80 Å². The molecule has 2 heterocycles. The average Bonchev–Trinajstić information content (AvgIpc) is 3.16. The van der Waals surface area contributed by atoms with Crippen LogP contribution in [0.15, 0.2) is 36.4 Å². The number of nitrogens with one attached hydrogen (secondary N) is 1. The molecule has 4 rings (SSSR count). The Labute approximate surface area is 178 Å². The van der Waals surface area contributed by atoms with Crippen LogP contribution in [0.2, 0.25) is 0 Å².